The molecule has 114 valence electrons. The summed E-state index contributed by atoms with van der Waals surface area (Å²) in [5.74, 6) is 0.174. The van der Waals surface area contributed by atoms with Crippen molar-refractivity contribution >= 4 is 27.2 Å². The number of hydrogen-bond donors (Lipinski definition) is 0. The Morgan fingerprint density at radius 2 is 0.632 bits per heavy atom. The van der Waals surface area contributed by atoms with Crippen LogP contribution in [0.25, 0.3) is 0 Å². The van der Waals surface area contributed by atoms with E-state index in [1.807, 2.05) is 27.2 Å². The standard InChI is InChI=1S/C4F6.4CH2O.Ru/c5-3(6,7)1-2-4(8,9)10;4*1-2;/h;4*1H2;. The zero-order valence-corrected chi connectivity index (χ0v) is 10.8. The summed E-state index contributed by atoms with van der Waals surface area (Å²) in [5, 5.41) is 0. The fourth-order valence-corrected chi connectivity index (χ4v) is 0.142. The molecular formula is C8H8F6O4Ru. The molecule has 0 aliphatic heterocycles. The van der Waals surface area contributed by atoms with Gasteiger partial charge < -0.3 is 19.2 Å². The molecule has 11 heteroatoms. The van der Waals surface area contributed by atoms with Gasteiger partial charge in [0.05, 0.1) is 0 Å². The summed E-state index contributed by atoms with van der Waals surface area (Å²) in [6.07, 6.45) is -10.1. The Labute approximate surface area is 117 Å². The van der Waals surface area contributed by atoms with Gasteiger partial charge in [-0.2, -0.15) is 26.3 Å². The molecule has 0 aliphatic rings. The molecule has 0 aliphatic carbocycles. The normalized spacial score (nSPS) is 7.26. The van der Waals surface area contributed by atoms with Crippen molar-refractivity contribution in [1.29, 1.82) is 0 Å². The van der Waals surface area contributed by atoms with Gasteiger partial charge in [0.25, 0.3) is 0 Å². The van der Waals surface area contributed by atoms with Gasteiger partial charge in [0.1, 0.15) is 27.2 Å². The number of carbonyl (C=O) groups excluding carboxylic acids is 4. The monoisotopic (exact) mass is 384 g/mol. The summed E-state index contributed by atoms with van der Waals surface area (Å²) in [6, 6.07) is 0. The maximum Gasteiger partial charge on any atom is 0.457 e. The van der Waals surface area contributed by atoms with Crippen LogP contribution in [0.3, 0.4) is 0 Å². The Morgan fingerprint density at radius 3 is 0.684 bits per heavy atom. The third kappa shape index (κ3) is 116. The number of hydrogen-bond acceptors (Lipinski definition) is 4. The van der Waals surface area contributed by atoms with Gasteiger partial charge in [-0.3, -0.25) is 0 Å². The molecule has 0 unspecified atom stereocenters. The Balaban J connectivity index is -0.0000000401. The summed E-state index contributed by atoms with van der Waals surface area (Å²) in [5.41, 5.74) is 0. The van der Waals surface area contributed by atoms with E-state index in [-0.39, 0.29) is 31.3 Å². The van der Waals surface area contributed by atoms with Crippen molar-refractivity contribution in [3.05, 3.63) is 0 Å². The maximum absolute atomic E-state index is 10.9. The van der Waals surface area contributed by atoms with Gasteiger partial charge in [0.2, 0.25) is 0 Å². The van der Waals surface area contributed by atoms with E-state index in [9.17, 15) is 26.3 Å². The fourth-order valence-electron chi connectivity index (χ4n) is 0.142. The molecule has 19 heavy (non-hydrogen) atoms. The van der Waals surface area contributed by atoms with E-state index in [1.54, 1.807) is 0 Å². The predicted molar refractivity (Wildman–Crippen MR) is 48.4 cm³/mol. The molecule has 0 fully saturated rings. The zero-order valence-electron chi connectivity index (χ0n) is 9.08. The van der Waals surface area contributed by atoms with Crippen molar-refractivity contribution in [2.24, 2.45) is 0 Å². The molecule has 0 radical (unpaired) electrons. The first kappa shape index (κ1) is 36.0. The van der Waals surface area contributed by atoms with Crippen molar-refractivity contribution in [2.75, 3.05) is 0 Å². The van der Waals surface area contributed by atoms with E-state index >= 15 is 0 Å². The molecule has 0 amide bonds. The van der Waals surface area contributed by atoms with Crippen LogP contribution in [-0.2, 0) is 38.7 Å². The largest absolute Gasteiger partial charge is 0.457 e. The molecule has 0 heterocycles. The Hall–Kier alpha value is -1.56. The topological polar surface area (TPSA) is 68.3 Å². The summed E-state index contributed by atoms with van der Waals surface area (Å²) in [4.78, 5) is 32.0. The van der Waals surface area contributed by atoms with Crippen LogP contribution in [0, 0.1) is 11.8 Å². The Kier molecular flexibility index (Phi) is 48.0. The van der Waals surface area contributed by atoms with Crippen molar-refractivity contribution in [1.82, 2.24) is 0 Å². The molecule has 0 aromatic rings. The molecule has 0 saturated heterocycles. The van der Waals surface area contributed by atoms with Crippen LogP contribution >= 0.6 is 0 Å². The minimum atomic E-state index is -5.07. The van der Waals surface area contributed by atoms with Crippen LogP contribution in [0.5, 0.6) is 0 Å². The van der Waals surface area contributed by atoms with Gasteiger partial charge in [0.15, 0.2) is 0 Å². The van der Waals surface area contributed by atoms with Gasteiger partial charge >= 0.3 is 12.4 Å². The Bertz CT molecular complexity index is 206. The van der Waals surface area contributed by atoms with Gasteiger partial charge in [-0.1, -0.05) is 0 Å². The molecule has 0 rings (SSSR count). The third-order valence-corrected chi connectivity index (χ3v) is 0.346. The maximum atomic E-state index is 10.9. The number of rotatable bonds is 0. The van der Waals surface area contributed by atoms with Gasteiger partial charge in [-0.15, -0.1) is 0 Å². The minimum Gasteiger partial charge on any atom is -0.307 e. The van der Waals surface area contributed by atoms with Gasteiger partial charge in [-0.25, -0.2) is 0 Å². The summed E-state index contributed by atoms with van der Waals surface area (Å²) in [6.45, 7) is 8.00. The molecule has 0 aromatic carbocycles. The summed E-state index contributed by atoms with van der Waals surface area (Å²) >= 11 is 0. The van der Waals surface area contributed by atoms with Gasteiger partial charge in [0, 0.05) is 31.3 Å². The molecule has 0 saturated carbocycles. The zero-order chi connectivity index (χ0) is 16.4. The molecular weight excluding hydrogens is 375 g/mol. The molecule has 0 aromatic heterocycles. The van der Waals surface area contributed by atoms with Crippen LogP contribution in [0.4, 0.5) is 26.3 Å². The third-order valence-electron chi connectivity index (χ3n) is 0.346. The van der Waals surface area contributed by atoms with Crippen molar-refractivity contribution < 1.29 is 65.0 Å². The van der Waals surface area contributed by atoms with Crippen LogP contribution in [0.2, 0.25) is 0 Å². The van der Waals surface area contributed by atoms with Crippen molar-refractivity contribution in [3.8, 4) is 11.8 Å². The minimum absolute atomic E-state index is 0. The first-order valence-electron chi connectivity index (χ1n) is 3.04. The second-order valence-corrected chi connectivity index (χ2v) is 1.25. The van der Waals surface area contributed by atoms with E-state index in [1.165, 1.54) is 0 Å². The van der Waals surface area contributed by atoms with Gasteiger partial charge in [-0.05, 0) is 0 Å². The second-order valence-electron chi connectivity index (χ2n) is 1.25. The summed E-state index contributed by atoms with van der Waals surface area (Å²) in [7, 11) is 0. The predicted octanol–water partition coefficient (Wildman–Crippen LogP) is 1.37. The number of halogens is 6. The van der Waals surface area contributed by atoms with Crippen LogP contribution in [0.15, 0.2) is 0 Å². The quantitative estimate of drug-likeness (QED) is 0.360. The molecule has 4 nitrogen and oxygen atoms in total. The summed E-state index contributed by atoms with van der Waals surface area (Å²) < 4.78 is 65.5. The second kappa shape index (κ2) is 25.3. The van der Waals surface area contributed by atoms with E-state index < -0.39 is 12.4 Å². The smallest absolute Gasteiger partial charge is 0.307 e. The van der Waals surface area contributed by atoms with Crippen molar-refractivity contribution in [2.45, 2.75) is 12.4 Å². The van der Waals surface area contributed by atoms with Crippen LogP contribution in [-0.4, -0.2) is 39.5 Å². The molecule has 0 N–H and O–H groups in total. The number of alkyl halides is 6. The fraction of sp³-hybridized carbons (Fsp3) is 0.250. The SMILES string of the molecule is C=O.C=O.C=O.C=O.FC(F)(F)C#CC(F)(F)F.[Ru]. The van der Waals surface area contributed by atoms with E-state index in [4.69, 9.17) is 19.2 Å². The molecule has 0 spiro atoms. The average Bonchev–Trinajstić information content (AvgIpc) is 2.35. The van der Waals surface area contributed by atoms with E-state index in [2.05, 4.69) is 0 Å². The Morgan fingerprint density at radius 1 is 0.526 bits per heavy atom. The number of carbonyl (C=O) groups is 4. The molecule has 0 atom stereocenters. The molecule has 0 bridgehead atoms. The van der Waals surface area contributed by atoms with Crippen LogP contribution < -0.4 is 0 Å². The van der Waals surface area contributed by atoms with Crippen molar-refractivity contribution in [3.63, 3.8) is 0 Å². The first-order chi connectivity index (χ1) is 8.21. The average molecular weight is 383 g/mol. The van der Waals surface area contributed by atoms with E-state index in [0.717, 1.165) is 0 Å². The van der Waals surface area contributed by atoms with Crippen LogP contribution in [0.1, 0.15) is 0 Å². The first-order valence-corrected chi connectivity index (χ1v) is 3.04. The van der Waals surface area contributed by atoms with E-state index in [0.29, 0.717) is 0 Å².